The van der Waals surface area contributed by atoms with E-state index in [-0.39, 0.29) is 399 Å². The molecule has 0 saturated carbocycles. The van der Waals surface area contributed by atoms with Crippen LogP contribution in [0.4, 0.5) is 0 Å². The maximum Gasteiger partial charge on any atom is 0.104 e. The molecule has 0 saturated heterocycles. The van der Waals surface area contributed by atoms with Crippen molar-refractivity contribution in [3.05, 3.63) is 0 Å². The molecular formula is C93H195N9O9Sm9. The maximum atomic E-state index is 10.5. The zero-order chi connectivity index (χ0) is 89.6. The molecule has 0 aromatic carbocycles. The fourth-order valence-corrected chi connectivity index (χ4v) is 13.1. The molecular weight excluding hydrogens is 2740 g/mol. The van der Waals surface area contributed by atoms with Gasteiger partial charge < -0.3 is 46.0 Å². The second-order valence-corrected chi connectivity index (χ2v) is 33.2. The number of hydrogen-bond acceptors (Lipinski definition) is 18. The van der Waals surface area contributed by atoms with E-state index in [0.29, 0.717) is 0 Å². The van der Waals surface area contributed by atoms with Gasteiger partial charge in [-0.3, -0.25) is 44.9 Å². The third-order valence-corrected chi connectivity index (χ3v) is 20.7. The Bertz CT molecular complexity index is 2570. The molecule has 120 heavy (non-hydrogen) atoms. The molecule has 0 aliphatic heterocycles. The van der Waals surface area contributed by atoms with Crippen LogP contribution >= 0.6 is 0 Å². The number of hydrogen-bond donors (Lipinski definition) is 9. The summed E-state index contributed by atoms with van der Waals surface area (Å²) in [6, 6.07) is 0.806. The number of aliphatic imine (C=N–C) groups is 9. The summed E-state index contributed by atoms with van der Waals surface area (Å²) in [6.45, 7) is 80.4. The summed E-state index contributed by atoms with van der Waals surface area (Å²) in [5, 5.41) is 91.2. The Morgan fingerprint density at radius 3 is 0.625 bits per heavy atom. The van der Waals surface area contributed by atoms with Crippen LogP contribution in [0.2, 0.25) is 0 Å². The molecule has 720 valence electrons. The summed E-state index contributed by atoms with van der Waals surface area (Å²) >= 11 is 0. The van der Waals surface area contributed by atoms with Crippen molar-refractivity contribution in [2.45, 2.75) is 493 Å². The van der Waals surface area contributed by atoms with E-state index < -0.39 is 50.4 Å². The summed E-state index contributed by atoms with van der Waals surface area (Å²) in [5.41, 5.74) is 1.67. The first-order valence-corrected chi connectivity index (χ1v) is 44.0. The van der Waals surface area contributed by atoms with Crippen LogP contribution in [0, 0.1) is 381 Å². The van der Waals surface area contributed by atoms with Crippen LogP contribution in [0.15, 0.2) is 44.9 Å². The van der Waals surface area contributed by atoms with Gasteiger partial charge in [0.1, 0.15) is 33.6 Å². The van der Waals surface area contributed by atoms with E-state index in [4.69, 9.17) is 0 Å². The molecule has 0 radical (unpaired) electrons. The van der Waals surface area contributed by atoms with E-state index in [1.54, 1.807) is 28.1 Å². The summed E-state index contributed by atoms with van der Waals surface area (Å²) in [4.78, 5) is 38.1. The predicted molar refractivity (Wildman–Crippen MR) is 498 cm³/mol. The molecule has 0 aromatic rings. The summed E-state index contributed by atoms with van der Waals surface area (Å²) in [5.74, 6) is 0.703. The Morgan fingerprint density at radius 2 is 0.400 bits per heavy atom. The van der Waals surface area contributed by atoms with E-state index in [1.165, 1.54) is 0 Å². The second-order valence-electron chi connectivity index (χ2n) is 33.2. The summed E-state index contributed by atoms with van der Waals surface area (Å²) < 4.78 is 0. The monoisotopic (exact) mass is 2950 g/mol. The Kier molecular flexibility index (Phi) is 142. The van der Waals surface area contributed by atoms with Crippen molar-refractivity contribution in [2.24, 2.45) is 62.7 Å². The zero-order valence-corrected chi connectivity index (χ0v) is 109. The van der Waals surface area contributed by atoms with Gasteiger partial charge in [0, 0.05) is 474 Å². The molecule has 6 atom stereocenters. The van der Waals surface area contributed by atoms with Gasteiger partial charge in [0.15, 0.2) is 0 Å². The molecule has 0 bridgehead atoms. The molecule has 0 aliphatic carbocycles. The first-order chi connectivity index (χ1) is 51.0. The molecule has 0 rings (SSSR count). The smallest absolute Gasteiger partial charge is 0.104 e. The maximum absolute atomic E-state index is 10.5. The molecule has 27 heteroatoms. The van der Waals surface area contributed by atoms with Gasteiger partial charge >= 0.3 is 0 Å². The van der Waals surface area contributed by atoms with Crippen LogP contribution in [0.25, 0.3) is 0 Å². The van der Waals surface area contributed by atoms with E-state index in [2.05, 4.69) is 142 Å². The van der Waals surface area contributed by atoms with Crippen molar-refractivity contribution in [1.29, 1.82) is 0 Å². The number of nitrogens with zero attached hydrogens (tertiary/aromatic N) is 9. The Hall–Kier alpha value is 8.71. The second kappa shape index (κ2) is 99.3. The van der Waals surface area contributed by atoms with Gasteiger partial charge in [0.2, 0.25) is 0 Å². The Balaban J connectivity index is -0.0000000605. The first kappa shape index (κ1) is 171. The van der Waals surface area contributed by atoms with Crippen LogP contribution in [-0.4, -0.2) is 207 Å². The van der Waals surface area contributed by atoms with Crippen molar-refractivity contribution < 1.29 is 409 Å². The molecule has 0 fully saturated rings. The molecule has 0 spiro atoms. The van der Waals surface area contributed by atoms with E-state index >= 15 is 0 Å². The van der Waals surface area contributed by atoms with E-state index in [1.807, 2.05) is 166 Å². The first-order valence-electron chi connectivity index (χ1n) is 44.0. The van der Waals surface area contributed by atoms with Crippen LogP contribution in [-0.2, 0) is 0 Å². The Morgan fingerprint density at radius 1 is 0.217 bits per heavy atom. The van der Waals surface area contributed by atoms with Crippen molar-refractivity contribution >= 4 is 51.4 Å². The summed E-state index contributed by atoms with van der Waals surface area (Å²) in [7, 11) is 5.18. The zero-order valence-electron chi connectivity index (χ0n) is 85.3. The molecule has 0 aliphatic rings. The minimum absolute atomic E-state index is 0. The van der Waals surface area contributed by atoms with Gasteiger partial charge in [-0.05, 0) is 240 Å². The van der Waals surface area contributed by atoms with Crippen LogP contribution in [0.3, 0.4) is 0 Å². The predicted octanol–water partition coefficient (Wildman–Crippen LogP) is 22.4. The largest absolute Gasteiger partial charge is 0.384 e. The van der Waals surface area contributed by atoms with Crippen LogP contribution < -0.4 is 0 Å². The third-order valence-electron chi connectivity index (χ3n) is 20.7. The van der Waals surface area contributed by atoms with Crippen molar-refractivity contribution in [3.8, 4) is 0 Å². The molecule has 18 nitrogen and oxygen atoms in total. The molecule has 6 unspecified atom stereocenters. The third kappa shape index (κ3) is 82.6. The average molecular weight is 2940 g/mol. The normalized spacial score (nSPS) is 15.2. The molecule has 0 heterocycles. The van der Waals surface area contributed by atoms with E-state index in [9.17, 15) is 46.0 Å². The van der Waals surface area contributed by atoms with Gasteiger partial charge in [-0.2, -0.15) is 0 Å². The van der Waals surface area contributed by atoms with Crippen molar-refractivity contribution in [3.63, 3.8) is 0 Å². The van der Waals surface area contributed by atoms with Gasteiger partial charge in [0.25, 0.3) is 0 Å². The topological polar surface area (TPSA) is 293 Å². The van der Waals surface area contributed by atoms with Crippen LogP contribution in [0.1, 0.15) is 424 Å². The fraction of sp³-hybridized carbons (Fsp3) is 0.903. The van der Waals surface area contributed by atoms with Crippen LogP contribution in [0.5, 0.6) is 0 Å². The quantitative estimate of drug-likeness (QED) is 0.0262. The molecule has 0 aromatic heterocycles. The van der Waals surface area contributed by atoms with Crippen molar-refractivity contribution in [2.75, 3.05) is 40.8 Å². The average Bonchev–Trinajstić information content (AvgIpc) is 0.837. The molecule has 9 N–H and O–H groups in total. The number of aliphatic hydroxyl groups is 9. The van der Waals surface area contributed by atoms with Crippen molar-refractivity contribution in [1.82, 2.24) is 0 Å². The molecule has 0 amide bonds. The minimum atomic E-state index is -0.709. The Labute approximate surface area is 1040 Å². The van der Waals surface area contributed by atoms with Gasteiger partial charge in [-0.1, -0.05) is 202 Å². The van der Waals surface area contributed by atoms with Gasteiger partial charge in [-0.25, -0.2) is 0 Å². The van der Waals surface area contributed by atoms with Gasteiger partial charge in [-0.15, -0.1) is 0 Å². The van der Waals surface area contributed by atoms with Gasteiger partial charge in [0.05, 0.1) is 16.8 Å². The number of rotatable bonds is 42. The minimum Gasteiger partial charge on any atom is -0.384 e. The SMILES string of the molecule is CCCC(C)(O)C(C)=NC.CCCC(C)(O)C(C)=NC(C)C.CCCC(C)(O)C(C)=NCC.CCCC(O)(C(C)=NC(C)C)C(C)C.CCCC(O)(C(C)=NC)C(C)C.CCCC(O)(C(C)=NCC)C(C)C.CCCC(O)(CCC)C(C)=NC.CCCC(O)(CCC)C(C)=NC(C)C.CCCC(O)(CCC)C(C)=NCC.[Sm].[Sm].[Sm].[Sm].[Sm].[Sm].[Sm].[Sm].[Sm]. The fourth-order valence-electron chi connectivity index (χ4n) is 13.1. The summed E-state index contributed by atoms with van der Waals surface area (Å²) in [6.07, 6.45) is 21.7. The standard InChI is InChI=1S/2C12H25NO.2C11H23NO.3C10H21NO.C9H19NO.C8H17NO.9Sm/c1-7-8-12(14,9(2)3)11(6)13-10(4)5;1-6-8-12(14,9-7-2)11(5)13-10(3)4;1-6-8-11(13,9(3)4)10(5)12-7-2;1-5-8-11(13,9-6-2)10(4)12-7-3;1-6-7-10(12,8(2)3)9(4)11-5;1-6-7-10(5,12)9(4)11-8(2)3;1-5-7-10(12,8-6-2)9(3)11-4;1-5-7-9(4,11)8(3)10-6-2;1-5-6-8(3,10)7(2)9-4;;;;;;;;;/h9-10,14H,7-8H2,1-6H3;10,14H,6-9H2,1-5H3;9,13H,6-8H2,1-5H3;13H,5-9H2,1-4H3;2*8,12H,6-7H2,1-5H3;12H,5-8H2,1-4H3;11H,5-7H2,1-4H3;10H,5-6H2,1-4H3;;;;;;;;;. The van der Waals surface area contributed by atoms with E-state index in [0.717, 1.165) is 225 Å².